The summed E-state index contributed by atoms with van der Waals surface area (Å²) in [7, 11) is 0. The van der Waals surface area contributed by atoms with Gasteiger partial charge in [-0.25, -0.2) is 4.79 Å². The SMILES string of the molecule is CCOC(=O)c1ccsc1NC(=O)C1CCCCC1CN. The summed E-state index contributed by atoms with van der Waals surface area (Å²) in [5.74, 6) is -0.239. The lowest BCUT2D eigenvalue weighted by Crippen LogP contribution is -2.35. The Morgan fingerprint density at radius 2 is 2.19 bits per heavy atom. The number of rotatable bonds is 5. The van der Waals surface area contributed by atoms with Crippen molar-refractivity contribution < 1.29 is 14.3 Å². The Hall–Kier alpha value is -1.40. The minimum Gasteiger partial charge on any atom is -0.462 e. The number of hydrogen-bond donors (Lipinski definition) is 2. The minimum absolute atomic E-state index is 0.0295. The molecule has 5 nitrogen and oxygen atoms in total. The normalized spacial score (nSPS) is 21.8. The topological polar surface area (TPSA) is 81.4 Å². The van der Waals surface area contributed by atoms with Crippen molar-refractivity contribution >= 4 is 28.2 Å². The lowest BCUT2D eigenvalue weighted by molar-refractivity contribution is -0.122. The average Bonchev–Trinajstić information content (AvgIpc) is 2.95. The molecule has 0 spiro atoms. The third kappa shape index (κ3) is 3.83. The lowest BCUT2D eigenvalue weighted by atomic mass is 9.79. The molecule has 1 aliphatic rings. The molecule has 1 heterocycles. The van der Waals surface area contributed by atoms with Gasteiger partial charge in [-0.15, -0.1) is 11.3 Å². The van der Waals surface area contributed by atoms with E-state index in [0.29, 0.717) is 23.7 Å². The van der Waals surface area contributed by atoms with Gasteiger partial charge in [-0.05, 0) is 43.7 Å². The van der Waals surface area contributed by atoms with Crippen molar-refractivity contribution in [2.75, 3.05) is 18.5 Å². The lowest BCUT2D eigenvalue weighted by Gasteiger charge is -2.29. The number of thiophene rings is 1. The molecular weight excluding hydrogens is 288 g/mol. The van der Waals surface area contributed by atoms with Crippen molar-refractivity contribution in [3.05, 3.63) is 17.0 Å². The van der Waals surface area contributed by atoms with E-state index < -0.39 is 5.97 Å². The van der Waals surface area contributed by atoms with E-state index >= 15 is 0 Å². The molecule has 1 aliphatic carbocycles. The number of anilines is 1. The van der Waals surface area contributed by atoms with E-state index in [4.69, 9.17) is 10.5 Å². The summed E-state index contributed by atoms with van der Waals surface area (Å²) >= 11 is 1.34. The summed E-state index contributed by atoms with van der Waals surface area (Å²) in [6, 6.07) is 1.68. The van der Waals surface area contributed by atoms with Crippen LogP contribution < -0.4 is 11.1 Å². The molecule has 1 aromatic rings. The molecule has 21 heavy (non-hydrogen) atoms. The van der Waals surface area contributed by atoms with Crippen molar-refractivity contribution in [1.29, 1.82) is 0 Å². The van der Waals surface area contributed by atoms with Crippen LogP contribution in [0.25, 0.3) is 0 Å². The smallest absolute Gasteiger partial charge is 0.341 e. The van der Waals surface area contributed by atoms with E-state index in [0.717, 1.165) is 25.7 Å². The highest BCUT2D eigenvalue weighted by molar-refractivity contribution is 7.14. The van der Waals surface area contributed by atoms with Crippen LogP contribution in [-0.4, -0.2) is 25.0 Å². The molecule has 0 bridgehead atoms. The maximum atomic E-state index is 12.5. The fourth-order valence-electron chi connectivity index (χ4n) is 2.82. The van der Waals surface area contributed by atoms with Gasteiger partial charge in [0.1, 0.15) is 5.00 Å². The number of esters is 1. The van der Waals surface area contributed by atoms with E-state index in [2.05, 4.69) is 5.32 Å². The highest BCUT2D eigenvalue weighted by atomic mass is 32.1. The van der Waals surface area contributed by atoms with Crippen LogP contribution in [-0.2, 0) is 9.53 Å². The van der Waals surface area contributed by atoms with E-state index in [1.807, 2.05) is 0 Å². The standard InChI is InChI=1S/C15H22N2O3S/c1-2-20-15(19)12-7-8-21-14(12)17-13(18)11-6-4-3-5-10(11)9-16/h7-8,10-11H,2-6,9,16H2,1H3,(H,17,18). The maximum Gasteiger partial charge on any atom is 0.341 e. The van der Waals surface area contributed by atoms with Gasteiger partial charge in [-0.1, -0.05) is 12.8 Å². The first kappa shape index (κ1) is 16.0. The molecule has 3 N–H and O–H groups in total. The average molecular weight is 310 g/mol. The van der Waals surface area contributed by atoms with Gasteiger partial charge in [-0.2, -0.15) is 0 Å². The summed E-state index contributed by atoms with van der Waals surface area (Å²) in [5, 5.41) is 5.24. The number of nitrogens with two attached hydrogens (primary N) is 1. The molecule has 0 saturated heterocycles. The summed E-state index contributed by atoms with van der Waals surface area (Å²) in [5.41, 5.74) is 6.20. The fourth-order valence-corrected chi connectivity index (χ4v) is 3.59. The summed E-state index contributed by atoms with van der Waals surface area (Å²) in [4.78, 5) is 24.3. The summed E-state index contributed by atoms with van der Waals surface area (Å²) < 4.78 is 4.99. The van der Waals surface area contributed by atoms with Crippen LogP contribution in [0.2, 0.25) is 0 Å². The van der Waals surface area contributed by atoms with Gasteiger partial charge >= 0.3 is 5.97 Å². The second-order valence-electron chi connectivity index (χ2n) is 5.26. The van der Waals surface area contributed by atoms with Crippen LogP contribution in [0.5, 0.6) is 0 Å². The molecule has 1 amide bonds. The zero-order valence-electron chi connectivity index (χ0n) is 12.3. The molecular formula is C15H22N2O3S. The molecule has 2 rings (SSSR count). The molecule has 0 aliphatic heterocycles. The van der Waals surface area contributed by atoms with E-state index in [1.165, 1.54) is 11.3 Å². The van der Waals surface area contributed by atoms with Gasteiger partial charge in [0.2, 0.25) is 5.91 Å². The molecule has 1 aromatic heterocycles. The number of nitrogens with one attached hydrogen (secondary N) is 1. The maximum absolute atomic E-state index is 12.5. The second kappa shape index (κ2) is 7.56. The minimum atomic E-state index is -0.395. The Kier molecular flexibility index (Phi) is 5.76. The monoisotopic (exact) mass is 310 g/mol. The first-order chi connectivity index (χ1) is 10.2. The molecule has 2 unspecified atom stereocenters. The first-order valence-electron chi connectivity index (χ1n) is 7.42. The van der Waals surface area contributed by atoms with Crippen LogP contribution in [0.4, 0.5) is 5.00 Å². The van der Waals surface area contributed by atoms with E-state index in [1.54, 1.807) is 18.4 Å². The number of amides is 1. The number of carbonyl (C=O) groups is 2. The van der Waals surface area contributed by atoms with Crippen molar-refractivity contribution in [3.63, 3.8) is 0 Å². The van der Waals surface area contributed by atoms with E-state index in [9.17, 15) is 9.59 Å². The molecule has 0 aromatic carbocycles. The van der Waals surface area contributed by atoms with Gasteiger partial charge in [0.15, 0.2) is 0 Å². The van der Waals surface area contributed by atoms with Gasteiger partial charge in [0.25, 0.3) is 0 Å². The van der Waals surface area contributed by atoms with Crippen molar-refractivity contribution in [2.45, 2.75) is 32.6 Å². The molecule has 116 valence electrons. The summed E-state index contributed by atoms with van der Waals surface area (Å²) in [6.07, 6.45) is 4.07. The van der Waals surface area contributed by atoms with Crippen molar-refractivity contribution in [3.8, 4) is 0 Å². The van der Waals surface area contributed by atoms with Crippen molar-refractivity contribution in [2.24, 2.45) is 17.6 Å². The number of hydrogen-bond acceptors (Lipinski definition) is 5. The molecule has 1 fully saturated rings. The molecule has 0 radical (unpaired) electrons. The van der Waals surface area contributed by atoms with Gasteiger partial charge in [0, 0.05) is 5.92 Å². The van der Waals surface area contributed by atoms with E-state index in [-0.39, 0.29) is 17.7 Å². The largest absolute Gasteiger partial charge is 0.462 e. The Labute approximate surface area is 128 Å². The third-order valence-corrected chi connectivity index (χ3v) is 4.78. The Morgan fingerprint density at radius 3 is 2.90 bits per heavy atom. The fraction of sp³-hybridized carbons (Fsp3) is 0.600. The molecule has 1 saturated carbocycles. The quantitative estimate of drug-likeness (QED) is 0.819. The second-order valence-corrected chi connectivity index (χ2v) is 6.18. The summed E-state index contributed by atoms with van der Waals surface area (Å²) in [6.45, 7) is 2.61. The Bertz CT molecular complexity index is 501. The third-order valence-electron chi connectivity index (χ3n) is 3.95. The highest BCUT2D eigenvalue weighted by Crippen LogP contribution is 2.32. The Balaban J connectivity index is 2.05. The van der Waals surface area contributed by atoms with Crippen LogP contribution >= 0.6 is 11.3 Å². The van der Waals surface area contributed by atoms with Crippen molar-refractivity contribution in [1.82, 2.24) is 0 Å². The first-order valence-corrected chi connectivity index (χ1v) is 8.30. The predicted octanol–water partition coefficient (Wildman–Crippen LogP) is 2.63. The van der Waals surface area contributed by atoms with Crippen LogP contribution in [0.15, 0.2) is 11.4 Å². The van der Waals surface area contributed by atoms with Crippen LogP contribution in [0, 0.1) is 11.8 Å². The predicted molar refractivity (Wildman–Crippen MR) is 83.4 cm³/mol. The van der Waals surface area contributed by atoms with Gasteiger partial charge in [-0.3, -0.25) is 4.79 Å². The van der Waals surface area contributed by atoms with Gasteiger partial charge < -0.3 is 15.8 Å². The van der Waals surface area contributed by atoms with Gasteiger partial charge in [0.05, 0.1) is 12.2 Å². The highest BCUT2D eigenvalue weighted by Gasteiger charge is 2.30. The molecule has 6 heteroatoms. The number of ether oxygens (including phenoxy) is 1. The van der Waals surface area contributed by atoms with Crippen LogP contribution in [0.1, 0.15) is 43.0 Å². The number of carbonyl (C=O) groups excluding carboxylic acids is 2. The molecule has 2 atom stereocenters. The Morgan fingerprint density at radius 1 is 1.43 bits per heavy atom. The zero-order chi connectivity index (χ0) is 15.2. The zero-order valence-corrected chi connectivity index (χ0v) is 13.1. The van der Waals surface area contributed by atoms with Crippen LogP contribution in [0.3, 0.4) is 0 Å².